The third-order valence-corrected chi connectivity index (χ3v) is 3.89. The molecule has 1 aromatic heterocycles. The van der Waals surface area contributed by atoms with Crippen LogP contribution in [0.15, 0.2) is 36.4 Å². The molecule has 2 heterocycles. The van der Waals surface area contributed by atoms with Gasteiger partial charge in [-0.25, -0.2) is 9.97 Å². The fraction of sp³-hybridized carbons (Fsp3) is 0.444. The van der Waals surface area contributed by atoms with Crippen LogP contribution in [0.25, 0.3) is 11.3 Å². The SMILES string of the molecule is CC(C)(C)c1nc(-c2ccccc2)cc(N2CCNCC2)n1. The molecule has 3 rings (SSSR count). The van der Waals surface area contributed by atoms with E-state index in [0.717, 1.165) is 49.1 Å². The van der Waals surface area contributed by atoms with Gasteiger partial charge in [-0.2, -0.15) is 0 Å². The predicted octanol–water partition coefficient (Wildman–Crippen LogP) is 2.85. The second-order valence-electron chi connectivity index (χ2n) is 6.79. The number of nitrogens with one attached hydrogen (secondary N) is 1. The van der Waals surface area contributed by atoms with E-state index < -0.39 is 0 Å². The summed E-state index contributed by atoms with van der Waals surface area (Å²) in [6.45, 7) is 10.5. The summed E-state index contributed by atoms with van der Waals surface area (Å²) in [5.74, 6) is 1.95. The fourth-order valence-corrected chi connectivity index (χ4v) is 2.58. The zero-order chi connectivity index (χ0) is 15.6. The number of hydrogen-bond acceptors (Lipinski definition) is 4. The minimum Gasteiger partial charge on any atom is -0.354 e. The van der Waals surface area contributed by atoms with Crippen LogP contribution in [-0.4, -0.2) is 36.1 Å². The molecule has 0 amide bonds. The molecular weight excluding hydrogens is 272 g/mol. The van der Waals surface area contributed by atoms with Crippen LogP contribution in [0.2, 0.25) is 0 Å². The van der Waals surface area contributed by atoms with E-state index in [0.29, 0.717) is 0 Å². The van der Waals surface area contributed by atoms with Crippen molar-refractivity contribution in [2.24, 2.45) is 0 Å². The second kappa shape index (κ2) is 6.05. The first-order valence-corrected chi connectivity index (χ1v) is 7.95. The van der Waals surface area contributed by atoms with E-state index >= 15 is 0 Å². The van der Waals surface area contributed by atoms with Crippen LogP contribution in [0.1, 0.15) is 26.6 Å². The first kappa shape index (κ1) is 15.0. The summed E-state index contributed by atoms with van der Waals surface area (Å²) in [5.41, 5.74) is 2.09. The Labute approximate surface area is 132 Å². The molecule has 2 aromatic rings. The van der Waals surface area contributed by atoms with Gasteiger partial charge in [0.05, 0.1) is 5.69 Å². The smallest absolute Gasteiger partial charge is 0.136 e. The second-order valence-corrected chi connectivity index (χ2v) is 6.79. The van der Waals surface area contributed by atoms with E-state index in [4.69, 9.17) is 9.97 Å². The molecule has 0 saturated carbocycles. The minimum atomic E-state index is -0.0619. The van der Waals surface area contributed by atoms with Crippen molar-refractivity contribution in [3.05, 3.63) is 42.2 Å². The molecule has 0 unspecified atom stereocenters. The Morgan fingerprint density at radius 3 is 2.32 bits per heavy atom. The molecule has 116 valence electrons. The Hall–Kier alpha value is -1.94. The fourth-order valence-electron chi connectivity index (χ4n) is 2.58. The monoisotopic (exact) mass is 296 g/mol. The topological polar surface area (TPSA) is 41.1 Å². The van der Waals surface area contributed by atoms with Gasteiger partial charge in [-0.05, 0) is 0 Å². The highest BCUT2D eigenvalue weighted by Gasteiger charge is 2.22. The van der Waals surface area contributed by atoms with Crippen molar-refractivity contribution >= 4 is 5.82 Å². The van der Waals surface area contributed by atoms with E-state index in [1.165, 1.54) is 0 Å². The maximum atomic E-state index is 4.84. The molecule has 0 spiro atoms. The maximum Gasteiger partial charge on any atom is 0.136 e. The van der Waals surface area contributed by atoms with Crippen molar-refractivity contribution in [2.45, 2.75) is 26.2 Å². The number of aromatic nitrogens is 2. The van der Waals surface area contributed by atoms with Gasteiger partial charge >= 0.3 is 0 Å². The van der Waals surface area contributed by atoms with E-state index in [1.54, 1.807) is 0 Å². The van der Waals surface area contributed by atoms with Crippen molar-refractivity contribution in [2.75, 3.05) is 31.1 Å². The number of piperazine rings is 1. The van der Waals surface area contributed by atoms with Gasteiger partial charge < -0.3 is 10.2 Å². The summed E-state index contributed by atoms with van der Waals surface area (Å²) in [6.07, 6.45) is 0. The minimum absolute atomic E-state index is 0.0619. The number of nitrogens with zero attached hydrogens (tertiary/aromatic N) is 3. The zero-order valence-electron chi connectivity index (χ0n) is 13.6. The zero-order valence-corrected chi connectivity index (χ0v) is 13.6. The Kier molecular flexibility index (Phi) is 4.12. The molecule has 0 aliphatic carbocycles. The summed E-state index contributed by atoms with van der Waals surface area (Å²) in [6, 6.07) is 12.5. The van der Waals surface area contributed by atoms with Crippen molar-refractivity contribution in [3.8, 4) is 11.3 Å². The van der Waals surface area contributed by atoms with Crippen molar-refractivity contribution in [1.29, 1.82) is 0 Å². The summed E-state index contributed by atoms with van der Waals surface area (Å²) < 4.78 is 0. The van der Waals surface area contributed by atoms with Crippen LogP contribution in [0.5, 0.6) is 0 Å². The van der Waals surface area contributed by atoms with Gasteiger partial charge in [0.25, 0.3) is 0 Å². The van der Waals surface area contributed by atoms with Gasteiger partial charge in [0.2, 0.25) is 0 Å². The van der Waals surface area contributed by atoms with Gasteiger partial charge in [0, 0.05) is 43.2 Å². The number of anilines is 1. The van der Waals surface area contributed by atoms with Crippen molar-refractivity contribution in [3.63, 3.8) is 0 Å². The number of benzene rings is 1. The average molecular weight is 296 g/mol. The Morgan fingerprint density at radius 2 is 1.68 bits per heavy atom. The number of rotatable bonds is 2. The molecule has 0 radical (unpaired) electrons. The summed E-state index contributed by atoms with van der Waals surface area (Å²) >= 11 is 0. The van der Waals surface area contributed by atoms with Crippen LogP contribution >= 0.6 is 0 Å². The molecule has 4 heteroatoms. The molecule has 0 bridgehead atoms. The first-order chi connectivity index (χ1) is 10.5. The molecule has 1 fully saturated rings. The summed E-state index contributed by atoms with van der Waals surface area (Å²) in [5, 5.41) is 3.39. The van der Waals surface area contributed by atoms with E-state index in [1.807, 2.05) is 6.07 Å². The molecular formula is C18H24N4. The lowest BCUT2D eigenvalue weighted by Gasteiger charge is -2.30. The Balaban J connectivity index is 2.06. The summed E-state index contributed by atoms with van der Waals surface area (Å²) in [7, 11) is 0. The third-order valence-electron chi connectivity index (χ3n) is 3.89. The van der Waals surface area contributed by atoms with Crippen LogP contribution in [0.3, 0.4) is 0 Å². The lowest BCUT2D eigenvalue weighted by molar-refractivity contribution is 0.539. The lowest BCUT2D eigenvalue weighted by atomic mass is 9.95. The molecule has 1 aliphatic heterocycles. The molecule has 1 aliphatic rings. The Bertz CT molecular complexity index is 625. The largest absolute Gasteiger partial charge is 0.354 e. The highest BCUT2D eigenvalue weighted by Crippen LogP contribution is 2.27. The van der Waals surface area contributed by atoms with E-state index in [2.05, 4.69) is 61.3 Å². The normalized spacial score (nSPS) is 15.9. The highest BCUT2D eigenvalue weighted by molar-refractivity contribution is 5.63. The Morgan fingerprint density at radius 1 is 1.00 bits per heavy atom. The first-order valence-electron chi connectivity index (χ1n) is 7.95. The van der Waals surface area contributed by atoms with Gasteiger partial charge in [0.1, 0.15) is 11.6 Å². The molecule has 1 N–H and O–H groups in total. The third kappa shape index (κ3) is 3.28. The van der Waals surface area contributed by atoms with Crippen LogP contribution in [-0.2, 0) is 5.41 Å². The van der Waals surface area contributed by atoms with Crippen molar-refractivity contribution < 1.29 is 0 Å². The molecule has 1 saturated heterocycles. The van der Waals surface area contributed by atoms with Crippen LogP contribution in [0, 0.1) is 0 Å². The van der Waals surface area contributed by atoms with Crippen LogP contribution < -0.4 is 10.2 Å². The van der Waals surface area contributed by atoms with Gasteiger partial charge in [-0.1, -0.05) is 51.1 Å². The quantitative estimate of drug-likeness (QED) is 0.925. The molecule has 22 heavy (non-hydrogen) atoms. The highest BCUT2D eigenvalue weighted by atomic mass is 15.2. The average Bonchev–Trinajstić information content (AvgIpc) is 2.55. The molecule has 1 aromatic carbocycles. The molecule has 0 atom stereocenters. The maximum absolute atomic E-state index is 4.84. The van der Waals surface area contributed by atoms with Gasteiger partial charge in [-0.15, -0.1) is 0 Å². The van der Waals surface area contributed by atoms with Crippen molar-refractivity contribution in [1.82, 2.24) is 15.3 Å². The van der Waals surface area contributed by atoms with E-state index in [9.17, 15) is 0 Å². The number of hydrogen-bond donors (Lipinski definition) is 1. The van der Waals surface area contributed by atoms with Gasteiger partial charge in [0.15, 0.2) is 0 Å². The van der Waals surface area contributed by atoms with Gasteiger partial charge in [-0.3, -0.25) is 0 Å². The summed E-state index contributed by atoms with van der Waals surface area (Å²) in [4.78, 5) is 12.0. The molecule has 4 nitrogen and oxygen atoms in total. The van der Waals surface area contributed by atoms with Crippen LogP contribution in [0.4, 0.5) is 5.82 Å². The van der Waals surface area contributed by atoms with E-state index in [-0.39, 0.29) is 5.41 Å². The standard InChI is InChI=1S/C18H24N4/c1-18(2,3)17-20-15(14-7-5-4-6-8-14)13-16(21-17)22-11-9-19-10-12-22/h4-8,13,19H,9-12H2,1-3H3. The predicted molar refractivity (Wildman–Crippen MR) is 91.3 cm³/mol. The lowest BCUT2D eigenvalue weighted by Crippen LogP contribution is -2.44.